The van der Waals surface area contributed by atoms with Crippen LogP contribution in [0.3, 0.4) is 0 Å². The summed E-state index contributed by atoms with van der Waals surface area (Å²) in [6.45, 7) is 2.15. The molecule has 0 fully saturated rings. The minimum Gasteiger partial charge on any atom is -0.310 e. The van der Waals surface area contributed by atoms with Gasteiger partial charge in [-0.3, -0.25) is 0 Å². The monoisotopic (exact) mass is 813 g/mol. The van der Waals surface area contributed by atoms with Gasteiger partial charge in [0.05, 0.1) is 0 Å². The number of benzene rings is 12. The van der Waals surface area contributed by atoms with Gasteiger partial charge in [-0.15, -0.1) is 0 Å². The van der Waals surface area contributed by atoms with Gasteiger partial charge < -0.3 is 4.90 Å². The Labute approximate surface area is 373 Å². The molecule has 0 aliphatic rings. The lowest BCUT2D eigenvalue weighted by molar-refractivity contribution is 1.29. The van der Waals surface area contributed by atoms with Crippen molar-refractivity contribution in [2.45, 2.75) is 6.92 Å². The van der Waals surface area contributed by atoms with E-state index in [0.717, 1.165) is 17.1 Å². The SMILES string of the molecule is Cc1ccc(-c2c3ccccc3c(-c3cccc(-c4c5ccccc5c(-c5ccc(N(c6ccccc6)c6ccc7ccccc7c6)cc5)c5ccccc45)c3)c3ccccc23)cc1. The molecule has 12 aromatic rings. The summed E-state index contributed by atoms with van der Waals surface area (Å²) in [5, 5.41) is 12.5. The van der Waals surface area contributed by atoms with E-state index in [2.05, 4.69) is 254 Å². The van der Waals surface area contributed by atoms with Gasteiger partial charge in [-0.2, -0.15) is 0 Å². The summed E-state index contributed by atoms with van der Waals surface area (Å²) >= 11 is 0. The molecule has 0 saturated heterocycles. The smallest absolute Gasteiger partial charge is 0.0468 e. The molecule has 1 nitrogen and oxygen atoms in total. The minimum absolute atomic E-state index is 1.11. The Balaban J connectivity index is 1.02. The molecule has 0 heterocycles. The lowest BCUT2D eigenvalue weighted by atomic mass is 9.83. The van der Waals surface area contributed by atoms with E-state index in [1.165, 1.54) is 104 Å². The van der Waals surface area contributed by atoms with Crippen molar-refractivity contribution < 1.29 is 0 Å². The maximum Gasteiger partial charge on any atom is 0.0468 e. The fourth-order valence-corrected chi connectivity index (χ4v) is 10.2. The lowest BCUT2D eigenvalue weighted by Crippen LogP contribution is -2.09. The molecule has 64 heavy (non-hydrogen) atoms. The van der Waals surface area contributed by atoms with Crippen molar-refractivity contribution in [3.63, 3.8) is 0 Å². The van der Waals surface area contributed by atoms with Crippen LogP contribution in [0, 0.1) is 6.92 Å². The summed E-state index contributed by atoms with van der Waals surface area (Å²) in [5.74, 6) is 0. The maximum atomic E-state index is 2.42. The highest BCUT2D eigenvalue weighted by Crippen LogP contribution is 2.48. The van der Waals surface area contributed by atoms with Crippen LogP contribution in [-0.2, 0) is 0 Å². The molecule has 0 N–H and O–H groups in total. The number of nitrogens with zero attached hydrogens (tertiary/aromatic N) is 1. The summed E-state index contributed by atoms with van der Waals surface area (Å²) in [4.78, 5) is 2.35. The Morgan fingerprint density at radius 2 is 0.594 bits per heavy atom. The van der Waals surface area contributed by atoms with Crippen LogP contribution in [-0.4, -0.2) is 0 Å². The topological polar surface area (TPSA) is 3.24 Å². The molecule has 0 aromatic heterocycles. The predicted molar refractivity (Wildman–Crippen MR) is 275 cm³/mol. The summed E-state index contributed by atoms with van der Waals surface area (Å²) in [6.07, 6.45) is 0. The highest BCUT2D eigenvalue weighted by Gasteiger charge is 2.21. The van der Waals surface area contributed by atoms with Gasteiger partial charge in [0.15, 0.2) is 0 Å². The predicted octanol–water partition coefficient (Wildman–Crippen LogP) is 17.9. The normalized spacial score (nSPS) is 11.5. The largest absolute Gasteiger partial charge is 0.310 e. The zero-order valence-electron chi connectivity index (χ0n) is 35.5. The van der Waals surface area contributed by atoms with E-state index in [1.54, 1.807) is 0 Å². The van der Waals surface area contributed by atoms with Crippen molar-refractivity contribution in [2.75, 3.05) is 4.90 Å². The molecule has 0 unspecified atom stereocenters. The Hall–Kier alpha value is -8.26. The van der Waals surface area contributed by atoms with Crippen molar-refractivity contribution >= 4 is 70.9 Å². The van der Waals surface area contributed by atoms with Crippen LogP contribution in [0.15, 0.2) is 243 Å². The van der Waals surface area contributed by atoms with Crippen LogP contribution >= 0.6 is 0 Å². The summed E-state index contributed by atoms with van der Waals surface area (Å²) in [6, 6.07) is 89.2. The third kappa shape index (κ3) is 6.32. The van der Waals surface area contributed by atoms with Crippen LogP contribution in [0.2, 0.25) is 0 Å². The zero-order valence-corrected chi connectivity index (χ0v) is 35.5. The lowest BCUT2D eigenvalue weighted by Gasteiger charge is -2.26. The van der Waals surface area contributed by atoms with E-state index in [4.69, 9.17) is 0 Å². The van der Waals surface area contributed by atoms with Gasteiger partial charge in [-0.05, 0) is 148 Å². The molecule has 300 valence electrons. The van der Waals surface area contributed by atoms with Gasteiger partial charge in [-0.25, -0.2) is 0 Å². The number of para-hydroxylation sites is 1. The van der Waals surface area contributed by atoms with Gasteiger partial charge in [-0.1, -0.05) is 206 Å². The summed E-state index contributed by atoms with van der Waals surface area (Å²) < 4.78 is 0. The van der Waals surface area contributed by atoms with Crippen molar-refractivity contribution in [3.8, 4) is 44.5 Å². The molecule has 0 spiro atoms. The Bertz CT molecular complexity index is 3600. The molecule has 0 amide bonds. The Morgan fingerprint density at radius 1 is 0.234 bits per heavy atom. The third-order valence-electron chi connectivity index (χ3n) is 13.1. The van der Waals surface area contributed by atoms with Crippen LogP contribution in [0.25, 0.3) is 98.4 Å². The van der Waals surface area contributed by atoms with Gasteiger partial charge in [0.1, 0.15) is 0 Å². The van der Waals surface area contributed by atoms with Crippen LogP contribution in [0.1, 0.15) is 5.56 Å². The molecule has 0 bridgehead atoms. The number of hydrogen-bond acceptors (Lipinski definition) is 1. The van der Waals surface area contributed by atoms with Crippen LogP contribution < -0.4 is 4.90 Å². The van der Waals surface area contributed by atoms with Gasteiger partial charge in [0.2, 0.25) is 0 Å². The molecular formula is C63H43N. The zero-order chi connectivity index (χ0) is 42.6. The molecular weight excluding hydrogens is 771 g/mol. The first kappa shape index (κ1) is 37.5. The van der Waals surface area contributed by atoms with E-state index >= 15 is 0 Å². The molecule has 0 aliphatic heterocycles. The molecule has 0 atom stereocenters. The first-order valence-corrected chi connectivity index (χ1v) is 22.2. The standard InChI is InChI=1S/C63H43N/c1-42-30-32-44(33-31-42)60-52-22-7-11-26-56(52)62(57-27-12-8-23-53(57)60)47-18-15-19-48(40-47)63-58-28-13-9-24-54(58)61(55-25-10-14-29-59(55)63)45-35-37-50(38-36-45)64(49-20-3-2-4-21-49)51-39-34-43-16-5-6-17-46(43)41-51/h2-41H,1H3. The van der Waals surface area contributed by atoms with Gasteiger partial charge >= 0.3 is 0 Å². The second-order valence-corrected chi connectivity index (χ2v) is 16.9. The molecule has 0 saturated carbocycles. The van der Waals surface area contributed by atoms with Gasteiger partial charge in [0.25, 0.3) is 0 Å². The molecule has 1 heteroatoms. The number of aryl methyl sites for hydroxylation is 1. The van der Waals surface area contributed by atoms with Crippen molar-refractivity contribution in [1.29, 1.82) is 0 Å². The van der Waals surface area contributed by atoms with E-state index in [9.17, 15) is 0 Å². The summed E-state index contributed by atoms with van der Waals surface area (Å²) in [7, 11) is 0. The number of hydrogen-bond donors (Lipinski definition) is 0. The number of fused-ring (bicyclic) bond motifs is 5. The molecule has 0 aliphatic carbocycles. The Morgan fingerprint density at radius 3 is 1.06 bits per heavy atom. The highest BCUT2D eigenvalue weighted by molar-refractivity contribution is 6.23. The van der Waals surface area contributed by atoms with E-state index < -0.39 is 0 Å². The van der Waals surface area contributed by atoms with E-state index in [0.29, 0.717) is 0 Å². The van der Waals surface area contributed by atoms with Crippen molar-refractivity contribution in [3.05, 3.63) is 248 Å². The fraction of sp³-hybridized carbons (Fsp3) is 0.0159. The van der Waals surface area contributed by atoms with Gasteiger partial charge in [0, 0.05) is 17.1 Å². The average Bonchev–Trinajstić information content (AvgIpc) is 3.36. The van der Waals surface area contributed by atoms with Crippen molar-refractivity contribution in [1.82, 2.24) is 0 Å². The van der Waals surface area contributed by atoms with E-state index in [-0.39, 0.29) is 0 Å². The first-order valence-electron chi connectivity index (χ1n) is 22.2. The quantitative estimate of drug-likeness (QED) is 0.145. The molecule has 12 aromatic carbocycles. The fourth-order valence-electron chi connectivity index (χ4n) is 10.2. The van der Waals surface area contributed by atoms with Crippen LogP contribution in [0.4, 0.5) is 17.1 Å². The maximum absolute atomic E-state index is 2.42. The second kappa shape index (κ2) is 15.6. The van der Waals surface area contributed by atoms with Crippen molar-refractivity contribution in [2.24, 2.45) is 0 Å². The third-order valence-corrected chi connectivity index (χ3v) is 13.1. The Kier molecular flexibility index (Phi) is 9.13. The van der Waals surface area contributed by atoms with E-state index in [1.807, 2.05) is 0 Å². The molecule has 12 rings (SSSR count). The molecule has 0 radical (unpaired) electrons. The number of anilines is 3. The second-order valence-electron chi connectivity index (χ2n) is 16.9. The summed E-state index contributed by atoms with van der Waals surface area (Å²) in [5.41, 5.74) is 14.5. The number of rotatable bonds is 7. The minimum atomic E-state index is 1.11. The van der Waals surface area contributed by atoms with Crippen LogP contribution in [0.5, 0.6) is 0 Å². The average molecular weight is 814 g/mol. The first-order chi connectivity index (χ1) is 31.7. The highest BCUT2D eigenvalue weighted by atomic mass is 15.1.